The quantitative estimate of drug-likeness (QED) is 0.0697. The van der Waals surface area contributed by atoms with Gasteiger partial charge in [-0.2, -0.15) is 5.26 Å². The number of ether oxygens (including phenoxy) is 1. The molecule has 3 N–H and O–H groups in total. The van der Waals surface area contributed by atoms with Crippen LogP contribution in [-0.2, 0) is 30.5 Å². The molecule has 0 radical (unpaired) electrons. The van der Waals surface area contributed by atoms with E-state index in [1.54, 1.807) is 24.4 Å². The number of hydrogen-bond acceptors (Lipinski definition) is 11. The summed E-state index contributed by atoms with van der Waals surface area (Å²) in [6.07, 6.45) is 4.18. The monoisotopic (exact) mass is 998 g/mol. The van der Waals surface area contributed by atoms with Crippen LogP contribution in [0, 0.1) is 16.7 Å². The van der Waals surface area contributed by atoms with Gasteiger partial charge in [-0.05, 0) is 116 Å². The molecule has 0 saturated carbocycles. The number of nitrogens with one attached hydrogen (secondary N) is 2. The van der Waals surface area contributed by atoms with Gasteiger partial charge in [0, 0.05) is 37.3 Å². The number of benzene rings is 4. The Morgan fingerprint density at radius 1 is 0.972 bits per heavy atom. The Balaban J connectivity index is 0.773. The van der Waals surface area contributed by atoms with E-state index in [4.69, 9.17) is 33.0 Å². The van der Waals surface area contributed by atoms with Crippen LogP contribution in [0.4, 0.5) is 11.4 Å². The molecule has 370 valence electrons. The lowest BCUT2D eigenvalue weighted by Gasteiger charge is -2.35. The molecule has 3 aliphatic rings. The zero-order valence-electron chi connectivity index (χ0n) is 40.6. The number of likely N-dealkylation sites (tertiary alicyclic amines) is 2. The van der Waals surface area contributed by atoms with Crippen molar-refractivity contribution in [3.05, 3.63) is 125 Å². The number of nitriles is 1. The number of β-amino-alcohol motifs (C(OH)–C–C–N with tert-alkyl or cyclic N) is 1. The number of carbonyl (C=O) groups is 4. The summed E-state index contributed by atoms with van der Waals surface area (Å²) in [7, 11) is 0. The molecule has 3 fully saturated rings. The fourth-order valence-corrected chi connectivity index (χ4v) is 10.3. The molecular weight excluding hydrogens is 940 g/mol. The Kier molecular flexibility index (Phi) is 15.4. The number of amides is 4. The molecule has 15 nitrogen and oxygen atoms in total. The van der Waals surface area contributed by atoms with E-state index >= 15 is 0 Å². The van der Waals surface area contributed by atoms with Crippen molar-refractivity contribution in [3.63, 3.8) is 0 Å². The maximum Gasteiger partial charge on any atom is 0.259 e. The van der Waals surface area contributed by atoms with Crippen LogP contribution in [0.2, 0.25) is 5.02 Å². The Hall–Kier alpha value is -6.48. The van der Waals surface area contributed by atoms with Crippen molar-refractivity contribution >= 4 is 63.9 Å². The van der Waals surface area contributed by atoms with Crippen LogP contribution >= 0.6 is 23.8 Å². The minimum Gasteiger partial charge on any atom is -0.444 e. The molecule has 0 spiro atoms. The molecule has 4 aromatic carbocycles. The molecule has 3 saturated heterocycles. The summed E-state index contributed by atoms with van der Waals surface area (Å²) in [5, 5.41) is 26.3. The number of aromatic nitrogens is 1. The van der Waals surface area contributed by atoms with E-state index < -0.39 is 41.0 Å². The highest BCUT2D eigenvalue weighted by atomic mass is 35.5. The van der Waals surface area contributed by atoms with Crippen molar-refractivity contribution in [1.29, 1.82) is 5.26 Å². The second-order valence-electron chi connectivity index (χ2n) is 20.0. The Morgan fingerprint density at radius 2 is 1.62 bits per heavy atom. The normalized spacial score (nSPS) is 18.9. The molecule has 3 aliphatic heterocycles. The molecule has 17 heteroatoms. The summed E-state index contributed by atoms with van der Waals surface area (Å²) in [5.74, 6) is -0.382. The van der Waals surface area contributed by atoms with E-state index in [1.165, 1.54) is 21.8 Å². The second kappa shape index (κ2) is 21.5. The van der Waals surface area contributed by atoms with E-state index in [1.807, 2.05) is 94.1 Å². The largest absolute Gasteiger partial charge is 0.444 e. The Bertz CT molecular complexity index is 2780. The number of nitrogens with zero attached hydrogens (tertiary/aromatic N) is 6. The van der Waals surface area contributed by atoms with Gasteiger partial charge in [-0.1, -0.05) is 93.0 Å². The molecule has 8 rings (SSSR count). The van der Waals surface area contributed by atoms with Crippen LogP contribution in [0.15, 0.2) is 108 Å². The molecular formula is C54H59ClN8O7S. The third-order valence-electron chi connectivity index (χ3n) is 13.6. The van der Waals surface area contributed by atoms with E-state index in [9.17, 15) is 29.5 Å². The minimum atomic E-state index is -0.953. The molecule has 0 aliphatic carbocycles. The first kappa shape index (κ1) is 50.9. The highest BCUT2D eigenvalue weighted by Crippen LogP contribution is 2.39. The summed E-state index contributed by atoms with van der Waals surface area (Å²) in [6, 6.07) is 29.3. The van der Waals surface area contributed by atoms with E-state index in [0.717, 1.165) is 53.9 Å². The fourth-order valence-electron chi connectivity index (χ4n) is 9.56. The molecule has 4 amide bonds. The highest BCUT2D eigenvalue weighted by molar-refractivity contribution is 7.81. The van der Waals surface area contributed by atoms with Crippen LogP contribution in [0.3, 0.4) is 0 Å². The van der Waals surface area contributed by atoms with Crippen molar-refractivity contribution in [1.82, 2.24) is 25.4 Å². The van der Waals surface area contributed by atoms with Gasteiger partial charge >= 0.3 is 0 Å². The second-order valence-corrected chi connectivity index (χ2v) is 20.7. The molecule has 5 aromatic rings. The number of oxazole rings is 1. The topological polar surface area (TPSA) is 185 Å². The number of halogens is 1. The molecule has 4 heterocycles. The van der Waals surface area contributed by atoms with Crippen molar-refractivity contribution in [2.24, 2.45) is 5.41 Å². The van der Waals surface area contributed by atoms with E-state index in [2.05, 4.69) is 44.8 Å². The summed E-state index contributed by atoms with van der Waals surface area (Å²) in [5.41, 5.74) is 5.08. The predicted molar refractivity (Wildman–Crippen MR) is 275 cm³/mol. The van der Waals surface area contributed by atoms with Gasteiger partial charge < -0.3 is 39.6 Å². The van der Waals surface area contributed by atoms with Gasteiger partial charge in [0.25, 0.3) is 5.91 Å². The first-order valence-electron chi connectivity index (χ1n) is 23.8. The number of aliphatic hydroxyl groups excluding tert-OH is 1. The SMILES string of the molecule is CC(C)(C)[C@H](NC(=O)COCCN1CCC(c2ccc(-c3ccc(N4C(=S)N(c5ccc(C#N)c(Cl)c5)C(=O)C4(C)C)cc3)cc2)CC1)C(=O)N1C[C@H](O)C[C@H]1C(=O)NCc1ccc(-c2cnco2)cc1. The summed E-state index contributed by atoms with van der Waals surface area (Å²) in [4.78, 5) is 65.4. The number of carbonyl (C=O) groups excluding carboxylic acids is 4. The van der Waals surface area contributed by atoms with Crippen molar-refractivity contribution in [3.8, 4) is 28.5 Å². The van der Waals surface area contributed by atoms with Gasteiger partial charge in [0.1, 0.15) is 30.3 Å². The van der Waals surface area contributed by atoms with Crippen LogP contribution < -0.4 is 20.4 Å². The van der Waals surface area contributed by atoms with Gasteiger partial charge in [-0.15, -0.1) is 0 Å². The Labute approximate surface area is 424 Å². The first-order chi connectivity index (χ1) is 33.9. The third-order valence-corrected chi connectivity index (χ3v) is 14.3. The zero-order chi connectivity index (χ0) is 50.6. The molecule has 0 unspecified atom stereocenters. The number of anilines is 2. The average molecular weight is 1000 g/mol. The number of hydrogen-bond donors (Lipinski definition) is 3. The smallest absolute Gasteiger partial charge is 0.259 e. The van der Waals surface area contributed by atoms with E-state index in [0.29, 0.717) is 41.2 Å². The van der Waals surface area contributed by atoms with Crippen molar-refractivity contribution in [2.75, 3.05) is 49.2 Å². The van der Waals surface area contributed by atoms with Gasteiger partial charge in [-0.3, -0.25) is 24.1 Å². The Morgan fingerprint density at radius 3 is 2.24 bits per heavy atom. The lowest BCUT2D eigenvalue weighted by Crippen LogP contribution is -2.58. The van der Waals surface area contributed by atoms with Gasteiger partial charge in [0.05, 0.1) is 35.2 Å². The van der Waals surface area contributed by atoms with Gasteiger partial charge in [0.15, 0.2) is 17.3 Å². The fraction of sp³-hybridized carbons (Fsp3) is 0.389. The summed E-state index contributed by atoms with van der Waals surface area (Å²) < 4.78 is 11.2. The summed E-state index contributed by atoms with van der Waals surface area (Å²) in [6.45, 7) is 12.0. The first-order valence-corrected chi connectivity index (χ1v) is 24.6. The van der Waals surface area contributed by atoms with Crippen LogP contribution in [0.5, 0.6) is 0 Å². The average Bonchev–Trinajstić information content (AvgIpc) is 4.08. The van der Waals surface area contributed by atoms with Gasteiger partial charge in [-0.25, -0.2) is 4.98 Å². The maximum atomic E-state index is 14.0. The van der Waals surface area contributed by atoms with Crippen LogP contribution in [0.25, 0.3) is 22.5 Å². The standard InChI is InChI=1S/C54H59ClN8O7S/c1-53(2,3)48(50(67)61-31-43(64)27-45(61)49(66)58-29-34-6-8-39(9-7-34)46-30-57-33-70-46)59-47(65)32-69-25-24-60-22-20-38(21-23-60)36-12-10-35(11-13-36)37-14-17-41(18-15-37)63-52(71)62(51(68)54(63,4)5)42-19-16-40(28-56)44(55)26-42/h6-19,26,30,33,38,43,45,48,64H,20-25,27,29,31-32H2,1-5H3,(H,58,66)(H,59,65)/t43-,45+,48-/m1/s1. The lowest BCUT2D eigenvalue weighted by molar-refractivity contribution is -0.144. The number of piperidine rings is 1. The summed E-state index contributed by atoms with van der Waals surface area (Å²) >= 11 is 12.2. The predicted octanol–water partition coefficient (Wildman–Crippen LogP) is 7.46. The van der Waals surface area contributed by atoms with Crippen molar-refractivity contribution < 1.29 is 33.4 Å². The number of rotatable bonds is 15. The zero-order valence-corrected chi connectivity index (χ0v) is 42.1. The molecule has 3 atom stereocenters. The highest BCUT2D eigenvalue weighted by Gasteiger charge is 2.50. The maximum absolute atomic E-state index is 14.0. The van der Waals surface area contributed by atoms with Crippen LogP contribution in [-0.4, -0.2) is 112 Å². The third kappa shape index (κ3) is 11.4. The molecule has 0 bridgehead atoms. The van der Waals surface area contributed by atoms with Crippen LogP contribution in [0.1, 0.15) is 76.5 Å². The van der Waals surface area contributed by atoms with Gasteiger partial charge in [0.2, 0.25) is 17.7 Å². The minimum absolute atomic E-state index is 0.0146. The molecule has 71 heavy (non-hydrogen) atoms. The van der Waals surface area contributed by atoms with Crippen molar-refractivity contribution in [2.45, 2.75) is 90.1 Å². The number of thiocarbonyl (C=S) groups is 1. The number of aliphatic hydroxyl groups is 1. The lowest BCUT2D eigenvalue weighted by atomic mass is 9.85. The van der Waals surface area contributed by atoms with E-state index in [-0.39, 0.29) is 43.0 Å². The molecule has 1 aromatic heterocycles.